The van der Waals surface area contributed by atoms with Crippen LogP contribution in [-0.2, 0) is 0 Å². The zero-order valence-corrected chi connectivity index (χ0v) is 31.0. The molecule has 2 heterocycles. The minimum Gasteiger partial charge on any atom is -0.435 e. The molecule has 268 valence electrons. The number of para-hydroxylation sites is 3. The minimum atomic E-state index is 0.636. The summed E-state index contributed by atoms with van der Waals surface area (Å²) in [7, 11) is 0. The summed E-state index contributed by atoms with van der Waals surface area (Å²) in [6.07, 6.45) is 0. The Labute approximate surface area is 330 Å². The van der Waals surface area contributed by atoms with Crippen LogP contribution in [0.3, 0.4) is 0 Å². The number of rotatable bonds is 7. The van der Waals surface area contributed by atoms with E-state index in [1.165, 1.54) is 27.4 Å². The molecular formula is C53H35N3O. The normalized spacial score (nSPS) is 11.5. The van der Waals surface area contributed by atoms with Gasteiger partial charge in [0, 0.05) is 44.3 Å². The van der Waals surface area contributed by atoms with E-state index in [0.717, 1.165) is 66.9 Å². The van der Waals surface area contributed by atoms with Gasteiger partial charge in [0.25, 0.3) is 0 Å². The molecule has 57 heavy (non-hydrogen) atoms. The number of oxazole rings is 1. The fraction of sp³-hybridized carbons (Fsp3) is 0. The molecule has 0 aliphatic rings. The first kappa shape index (κ1) is 32.7. The molecule has 0 aliphatic heterocycles. The smallest absolute Gasteiger partial charge is 0.227 e. The summed E-state index contributed by atoms with van der Waals surface area (Å²) in [5.41, 5.74) is 14.0. The van der Waals surface area contributed by atoms with E-state index in [-0.39, 0.29) is 0 Å². The van der Waals surface area contributed by atoms with Gasteiger partial charge in [0.2, 0.25) is 5.89 Å². The Morgan fingerprint density at radius 1 is 0.421 bits per heavy atom. The average molecular weight is 730 g/mol. The number of anilines is 3. The molecule has 0 N–H and O–H groups in total. The van der Waals surface area contributed by atoms with Crippen LogP contribution in [0.1, 0.15) is 0 Å². The summed E-state index contributed by atoms with van der Waals surface area (Å²) in [6, 6.07) is 75.3. The lowest BCUT2D eigenvalue weighted by atomic mass is 9.99. The highest BCUT2D eigenvalue weighted by Gasteiger charge is 2.20. The molecule has 0 radical (unpaired) electrons. The van der Waals surface area contributed by atoms with Crippen molar-refractivity contribution in [3.8, 4) is 39.4 Å². The van der Waals surface area contributed by atoms with Crippen molar-refractivity contribution in [1.29, 1.82) is 0 Å². The lowest BCUT2D eigenvalue weighted by Crippen LogP contribution is -2.11. The van der Waals surface area contributed by atoms with E-state index in [2.05, 4.69) is 191 Å². The van der Waals surface area contributed by atoms with Crippen molar-refractivity contribution in [3.63, 3.8) is 0 Å². The Morgan fingerprint density at radius 3 is 1.88 bits per heavy atom. The third-order valence-electron chi connectivity index (χ3n) is 11.0. The molecule has 4 heteroatoms. The van der Waals surface area contributed by atoms with Gasteiger partial charge in [-0.3, -0.25) is 0 Å². The number of fused-ring (bicyclic) bond motifs is 6. The molecule has 0 amide bonds. The molecule has 11 rings (SSSR count). The maximum Gasteiger partial charge on any atom is 0.227 e. The minimum absolute atomic E-state index is 0.636. The Morgan fingerprint density at radius 2 is 1.07 bits per heavy atom. The molecule has 2 aromatic heterocycles. The average Bonchev–Trinajstić information content (AvgIpc) is 3.88. The lowest BCUT2D eigenvalue weighted by molar-refractivity contribution is 0.623. The number of hydrogen-bond donors (Lipinski definition) is 0. The third kappa shape index (κ3) is 5.66. The molecule has 0 saturated heterocycles. The Hall–Kier alpha value is -7.69. The van der Waals surface area contributed by atoms with Gasteiger partial charge in [-0.25, -0.2) is 4.98 Å². The lowest BCUT2D eigenvalue weighted by Gasteiger charge is -2.28. The molecule has 4 nitrogen and oxygen atoms in total. The van der Waals surface area contributed by atoms with E-state index in [1.54, 1.807) is 0 Å². The molecule has 0 saturated carbocycles. The SMILES string of the molecule is c1ccc(-c2nc3ccc4cc(-c5ccc(N(c6ccc7c(c6)c6ccccc6n7-c6ccccc6)c6ccccc6-c6ccccc6)cc5)ccc4c3o2)cc1. The summed E-state index contributed by atoms with van der Waals surface area (Å²) in [5.74, 6) is 0.636. The van der Waals surface area contributed by atoms with Crippen LogP contribution >= 0.6 is 0 Å². The second-order valence-corrected chi connectivity index (χ2v) is 14.4. The fourth-order valence-electron chi connectivity index (χ4n) is 8.31. The molecular weight excluding hydrogens is 695 g/mol. The first-order chi connectivity index (χ1) is 28.3. The number of nitrogens with zero attached hydrogens (tertiary/aromatic N) is 3. The van der Waals surface area contributed by atoms with Crippen LogP contribution in [0.15, 0.2) is 217 Å². The predicted molar refractivity (Wildman–Crippen MR) is 237 cm³/mol. The van der Waals surface area contributed by atoms with Gasteiger partial charge in [0.05, 0.1) is 16.7 Å². The molecule has 0 unspecified atom stereocenters. The molecule has 0 aliphatic carbocycles. The molecule has 0 fully saturated rings. The Balaban J connectivity index is 1.03. The number of benzene rings is 9. The van der Waals surface area contributed by atoms with Crippen LogP contribution in [0.25, 0.3) is 83.1 Å². The van der Waals surface area contributed by atoms with Gasteiger partial charge in [-0.15, -0.1) is 0 Å². The van der Waals surface area contributed by atoms with Crippen LogP contribution in [0, 0.1) is 0 Å². The highest BCUT2D eigenvalue weighted by Crippen LogP contribution is 2.44. The van der Waals surface area contributed by atoms with Gasteiger partial charge in [-0.1, -0.05) is 127 Å². The quantitative estimate of drug-likeness (QED) is 0.164. The van der Waals surface area contributed by atoms with Gasteiger partial charge in [0.15, 0.2) is 5.58 Å². The second-order valence-electron chi connectivity index (χ2n) is 14.4. The van der Waals surface area contributed by atoms with Crippen molar-refractivity contribution in [2.24, 2.45) is 0 Å². The number of hydrogen-bond acceptors (Lipinski definition) is 3. The van der Waals surface area contributed by atoms with Crippen LogP contribution in [0.2, 0.25) is 0 Å². The second kappa shape index (κ2) is 13.6. The van der Waals surface area contributed by atoms with Crippen molar-refractivity contribution in [2.75, 3.05) is 4.90 Å². The molecule has 11 aromatic rings. The van der Waals surface area contributed by atoms with Crippen LogP contribution in [0.5, 0.6) is 0 Å². The topological polar surface area (TPSA) is 34.2 Å². The maximum absolute atomic E-state index is 6.34. The molecule has 0 bridgehead atoms. The monoisotopic (exact) mass is 729 g/mol. The number of aromatic nitrogens is 2. The van der Waals surface area contributed by atoms with E-state index in [1.807, 2.05) is 30.3 Å². The summed E-state index contributed by atoms with van der Waals surface area (Å²) in [5, 5.41) is 4.59. The van der Waals surface area contributed by atoms with E-state index < -0.39 is 0 Å². The summed E-state index contributed by atoms with van der Waals surface area (Å²) >= 11 is 0. The van der Waals surface area contributed by atoms with Crippen molar-refractivity contribution in [1.82, 2.24) is 9.55 Å². The highest BCUT2D eigenvalue weighted by molar-refractivity contribution is 6.11. The van der Waals surface area contributed by atoms with Gasteiger partial charge in [-0.2, -0.15) is 0 Å². The van der Waals surface area contributed by atoms with Crippen molar-refractivity contribution in [2.45, 2.75) is 0 Å². The molecule has 9 aromatic carbocycles. The largest absolute Gasteiger partial charge is 0.435 e. The van der Waals surface area contributed by atoms with Gasteiger partial charge >= 0.3 is 0 Å². The fourth-order valence-corrected chi connectivity index (χ4v) is 8.31. The summed E-state index contributed by atoms with van der Waals surface area (Å²) in [6.45, 7) is 0. The van der Waals surface area contributed by atoms with Gasteiger partial charge in [-0.05, 0) is 107 Å². The molecule has 0 atom stereocenters. The third-order valence-corrected chi connectivity index (χ3v) is 11.0. The van der Waals surface area contributed by atoms with Crippen LogP contribution in [0.4, 0.5) is 17.1 Å². The van der Waals surface area contributed by atoms with Crippen LogP contribution in [-0.4, -0.2) is 9.55 Å². The van der Waals surface area contributed by atoms with Crippen LogP contribution < -0.4 is 4.90 Å². The van der Waals surface area contributed by atoms with Crippen molar-refractivity contribution < 1.29 is 4.42 Å². The van der Waals surface area contributed by atoms with Crippen molar-refractivity contribution in [3.05, 3.63) is 212 Å². The Kier molecular flexibility index (Phi) is 7.78. The predicted octanol–water partition coefficient (Wildman–Crippen LogP) is 14.5. The Bertz CT molecular complexity index is 3220. The first-order valence-corrected chi connectivity index (χ1v) is 19.3. The van der Waals surface area contributed by atoms with Gasteiger partial charge in [0.1, 0.15) is 5.52 Å². The van der Waals surface area contributed by atoms with E-state index in [4.69, 9.17) is 9.40 Å². The first-order valence-electron chi connectivity index (χ1n) is 19.3. The summed E-state index contributed by atoms with van der Waals surface area (Å²) < 4.78 is 8.70. The highest BCUT2D eigenvalue weighted by atomic mass is 16.3. The summed E-state index contributed by atoms with van der Waals surface area (Å²) in [4.78, 5) is 7.18. The standard InChI is InChI=1S/C53H35N3O/c1-4-14-37(15-5-1)44-20-10-12-22-49(44)55(43-30-33-51-47(35-43)46-21-11-13-23-50(46)56(51)41-18-8-3-9-19-41)42-28-24-36(25-29-42)39-26-31-45-40(34-39)27-32-48-52(45)57-53(54-48)38-16-6-2-7-17-38/h1-35H. The zero-order valence-electron chi connectivity index (χ0n) is 31.0. The van der Waals surface area contributed by atoms with E-state index in [9.17, 15) is 0 Å². The van der Waals surface area contributed by atoms with Crippen molar-refractivity contribution >= 4 is 60.7 Å². The molecule has 0 spiro atoms. The van der Waals surface area contributed by atoms with E-state index >= 15 is 0 Å². The van der Waals surface area contributed by atoms with Gasteiger partial charge < -0.3 is 13.9 Å². The van der Waals surface area contributed by atoms with E-state index in [0.29, 0.717) is 5.89 Å². The maximum atomic E-state index is 6.34. The zero-order chi connectivity index (χ0) is 37.7.